The lowest BCUT2D eigenvalue weighted by Crippen LogP contribution is -2.16. The lowest BCUT2D eigenvalue weighted by Gasteiger charge is -2.18. The molecule has 3 aromatic rings. The standard InChI is InChI=1S/C19H21N5OS3/c1-4-7-24-16(22-23-19(24)26)15-11(3)20-18(28-15)21-17(25)13-9-27-14-8-10(2)5-6-12(13)14/h4,9-10H,1,5-8H2,2-3H3,(H,23,26)(H,20,21,25). The van der Waals surface area contributed by atoms with E-state index in [1.54, 1.807) is 17.4 Å². The SMILES string of the molecule is C=CCn1c(-c2sc(NC(=O)c3csc4c3CCC(C)C4)nc2C)n[nH]c1=S. The molecule has 1 amide bonds. The van der Waals surface area contributed by atoms with Crippen LogP contribution in [0.1, 0.15) is 39.8 Å². The molecule has 28 heavy (non-hydrogen) atoms. The van der Waals surface area contributed by atoms with E-state index in [-0.39, 0.29) is 5.91 Å². The molecule has 6 nitrogen and oxygen atoms in total. The number of thiazole rings is 1. The van der Waals surface area contributed by atoms with Gasteiger partial charge in [0.15, 0.2) is 15.7 Å². The summed E-state index contributed by atoms with van der Waals surface area (Å²) in [5.74, 6) is 1.32. The van der Waals surface area contributed by atoms with E-state index in [0.717, 1.165) is 35.4 Å². The van der Waals surface area contributed by atoms with Crippen molar-refractivity contribution >= 4 is 45.9 Å². The molecule has 4 rings (SSSR count). The topological polar surface area (TPSA) is 75.6 Å². The van der Waals surface area contributed by atoms with Crippen LogP contribution in [0.15, 0.2) is 18.0 Å². The number of H-pyrrole nitrogens is 1. The molecule has 0 fully saturated rings. The smallest absolute Gasteiger partial charge is 0.258 e. The summed E-state index contributed by atoms with van der Waals surface area (Å²) in [4.78, 5) is 19.6. The number of nitrogens with zero attached hydrogens (tertiary/aromatic N) is 3. The second-order valence-electron chi connectivity index (χ2n) is 7.04. The molecular weight excluding hydrogens is 410 g/mol. The Morgan fingerprint density at radius 1 is 1.57 bits per heavy atom. The summed E-state index contributed by atoms with van der Waals surface area (Å²) < 4.78 is 2.40. The first-order valence-corrected chi connectivity index (χ1v) is 11.2. The van der Waals surface area contributed by atoms with Crippen molar-refractivity contribution in [2.45, 2.75) is 39.7 Å². The van der Waals surface area contributed by atoms with Crippen LogP contribution in [0.4, 0.5) is 5.13 Å². The number of amides is 1. The summed E-state index contributed by atoms with van der Waals surface area (Å²) in [7, 11) is 0. The predicted octanol–water partition coefficient (Wildman–Crippen LogP) is 5.00. The van der Waals surface area contributed by atoms with E-state index in [0.29, 0.717) is 28.2 Å². The number of hydrogen-bond donors (Lipinski definition) is 2. The molecule has 0 aliphatic heterocycles. The third-order valence-electron chi connectivity index (χ3n) is 4.94. The highest BCUT2D eigenvalue weighted by Gasteiger charge is 2.24. The molecule has 0 aromatic carbocycles. The van der Waals surface area contributed by atoms with Crippen molar-refractivity contribution in [2.75, 3.05) is 5.32 Å². The number of nitrogens with one attached hydrogen (secondary N) is 2. The van der Waals surface area contributed by atoms with Gasteiger partial charge in [0.1, 0.15) is 0 Å². The van der Waals surface area contributed by atoms with E-state index < -0.39 is 0 Å². The minimum atomic E-state index is -0.0858. The number of allylic oxidation sites excluding steroid dienone is 1. The summed E-state index contributed by atoms with van der Waals surface area (Å²) in [5, 5.41) is 12.7. The van der Waals surface area contributed by atoms with E-state index >= 15 is 0 Å². The van der Waals surface area contributed by atoms with Crippen LogP contribution in [0.2, 0.25) is 0 Å². The molecule has 1 unspecified atom stereocenters. The molecule has 0 saturated heterocycles. The minimum absolute atomic E-state index is 0.0858. The average Bonchev–Trinajstić information content (AvgIpc) is 3.33. The number of anilines is 1. The molecule has 0 spiro atoms. The Kier molecular flexibility index (Phi) is 5.31. The highest BCUT2D eigenvalue weighted by atomic mass is 32.1. The van der Waals surface area contributed by atoms with E-state index in [1.165, 1.54) is 21.8 Å². The van der Waals surface area contributed by atoms with Crippen molar-refractivity contribution in [3.63, 3.8) is 0 Å². The molecule has 0 saturated carbocycles. The van der Waals surface area contributed by atoms with Gasteiger partial charge in [0.05, 0.1) is 16.1 Å². The lowest BCUT2D eigenvalue weighted by molar-refractivity contribution is 0.102. The molecule has 0 bridgehead atoms. The zero-order chi connectivity index (χ0) is 19.8. The fourth-order valence-corrected chi connectivity index (χ4v) is 5.89. The highest BCUT2D eigenvalue weighted by molar-refractivity contribution is 7.71. The van der Waals surface area contributed by atoms with Crippen LogP contribution in [-0.4, -0.2) is 25.7 Å². The lowest BCUT2D eigenvalue weighted by atomic mass is 9.88. The van der Waals surface area contributed by atoms with E-state index in [4.69, 9.17) is 12.2 Å². The summed E-state index contributed by atoms with van der Waals surface area (Å²) in [6, 6.07) is 0. The van der Waals surface area contributed by atoms with Gasteiger partial charge in [0.25, 0.3) is 5.91 Å². The number of aromatic nitrogens is 4. The van der Waals surface area contributed by atoms with Crippen molar-refractivity contribution in [3.8, 4) is 10.7 Å². The first-order chi connectivity index (χ1) is 13.5. The van der Waals surface area contributed by atoms with Crippen LogP contribution in [0.25, 0.3) is 10.7 Å². The van der Waals surface area contributed by atoms with Gasteiger partial charge < -0.3 is 0 Å². The van der Waals surface area contributed by atoms with Crippen LogP contribution in [-0.2, 0) is 19.4 Å². The Morgan fingerprint density at radius 3 is 3.18 bits per heavy atom. The molecular formula is C19H21N5OS3. The Hall–Kier alpha value is -2.10. The third-order valence-corrected chi connectivity index (χ3v) is 7.37. The van der Waals surface area contributed by atoms with E-state index in [2.05, 4.69) is 34.0 Å². The normalized spacial score (nSPS) is 16.0. The fraction of sp³-hybridized carbons (Fsp3) is 0.368. The summed E-state index contributed by atoms with van der Waals surface area (Å²) in [6.45, 7) is 8.50. The zero-order valence-electron chi connectivity index (χ0n) is 15.7. The van der Waals surface area contributed by atoms with E-state index in [1.807, 2.05) is 16.9 Å². The third kappa shape index (κ3) is 3.49. The van der Waals surface area contributed by atoms with Gasteiger partial charge in [-0.05, 0) is 49.9 Å². The van der Waals surface area contributed by atoms with Gasteiger partial charge in [-0.3, -0.25) is 19.8 Å². The number of thiophene rings is 1. The maximum absolute atomic E-state index is 12.9. The first kappa shape index (κ1) is 19.2. The largest absolute Gasteiger partial charge is 0.298 e. The Labute approximate surface area is 176 Å². The number of hydrogen-bond acceptors (Lipinski definition) is 6. The molecule has 0 radical (unpaired) electrons. The molecule has 146 valence electrons. The molecule has 3 heterocycles. The van der Waals surface area contributed by atoms with Crippen LogP contribution in [0.3, 0.4) is 0 Å². The molecule has 3 aromatic heterocycles. The van der Waals surface area contributed by atoms with Crippen molar-refractivity contribution in [2.24, 2.45) is 5.92 Å². The van der Waals surface area contributed by atoms with Gasteiger partial charge in [-0.1, -0.05) is 24.3 Å². The van der Waals surface area contributed by atoms with Crippen molar-refractivity contribution in [1.29, 1.82) is 0 Å². The van der Waals surface area contributed by atoms with Crippen LogP contribution in [0, 0.1) is 17.6 Å². The second kappa shape index (κ2) is 7.73. The number of rotatable bonds is 5. The quantitative estimate of drug-likeness (QED) is 0.440. The fourth-order valence-electron chi connectivity index (χ4n) is 3.48. The molecule has 9 heteroatoms. The van der Waals surface area contributed by atoms with Crippen molar-refractivity contribution in [3.05, 3.63) is 44.5 Å². The van der Waals surface area contributed by atoms with E-state index in [9.17, 15) is 4.79 Å². The van der Waals surface area contributed by atoms with Crippen LogP contribution < -0.4 is 5.32 Å². The Bertz CT molecular complexity index is 1100. The monoisotopic (exact) mass is 431 g/mol. The predicted molar refractivity (Wildman–Crippen MR) is 117 cm³/mol. The Morgan fingerprint density at radius 2 is 2.39 bits per heavy atom. The second-order valence-corrected chi connectivity index (χ2v) is 9.39. The molecule has 1 aliphatic rings. The average molecular weight is 432 g/mol. The van der Waals surface area contributed by atoms with Gasteiger partial charge in [0.2, 0.25) is 0 Å². The van der Waals surface area contributed by atoms with Crippen molar-refractivity contribution in [1.82, 2.24) is 19.7 Å². The van der Waals surface area contributed by atoms with Gasteiger partial charge in [0, 0.05) is 16.8 Å². The summed E-state index contributed by atoms with van der Waals surface area (Å²) in [6.07, 6.45) is 4.95. The number of fused-ring (bicyclic) bond motifs is 1. The Balaban J connectivity index is 1.59. The maximum Gasteiger partial charge on any atom is 0.258 e. The highest BCUT2D eigenvalue weighted by Crippen LogP contribution is 2.35. The number of carbonyl (C=O) groups is 1. The zero-order valence-corrected chi connectivity index (χ0v) is 18.2. The molecule has 1 atom stereocenters. The number of aryl methyl sites for hydroxylation is 1. The maximum atomic E-state index is 12.9. The minimum Gasteiger partial charge on any atom is -0.298 e. The summed E-state index contributed by atoms with van der Waals surface area (Å²) in [5.41, 5.74) is 2.80. The van der Waals surface area contributed by atoms with Crippen LogP contribution >= 0.6 is 34.9 Å². The van der Waals surface area contributed by atoms with Gasteiger partial charge in [-0.15, -0.1) is 17.9 Å². The van der Waals surface area contributed by atoms with Crippen molar-refractivity contribution < 1.29 is 4.79 Å². The first-order valence-electron chi connectivity index (χ1n) is 9.12. The van der Waals surface area contributed by atoms with Gasteiger partial charge in [-0.25, -0.2) is 4.98 Å². The van der Waals surface area contributed by atoms with Crippen LogP contribution in [0.5, 0.6) is 0 Å². The number of carbonyl (C=O) groups excluding carboxylic acids is 1. The summed E-state index contributed by atoms with van der Waals surface area (Å²) >= 11 is 8.39. The number of aromatic amines is 1. The molecule has 1 aliphatic carbocycles. The molecule has 2 N–H and O–H groups in total. The van der Waals surface area contributed by atoms with Gasteiger partial charge >= 0.3 is 0 Å². The van der Waals surface area contributed by atoms with Gasteiger partial charge in [-0.2, -0.15) is 5.10 Å².